The molecule has 0 saturated heterocycles. The van der Waals surface area contributed by atoms with Crippen LogP contribution >= 0.6 is 0 Å². The summed E-state index contributed by atoms with van der Waals surface area (Å²) in [7, 11) is 0. The fourth-order valence-corrected chi connectivity index (χ4v) is 9.36. The lowest BCUT2D eigenvalue weighted by atomic mass is 9.81. The first-order chi connectivity index (χ1) is 29.2. The molecule has 14 heteroatoms. The van der Waals surface area contributed by atoms with Crippen LogP contribution in [0.1, 0.15) is 158 Å². The summed E-state index contributed by atoms with van der Waals surface area (Å²) in [5.74, 6) is -7.25. The van der Waals surface area contributed by atoms with Crippen molar-refractivity contribution in [1.82, 2.24) is 0 Å². The van der Waals surface area contributed by atoms with Crippen LogP contribution in [0.2, 0.25) is 0 Å². The molecule has 0 aliphatic heterocycles. The fourth-order valence-electron chi connectivity index (χ4n) is 9.36. The van der Waals surface area contributed by atoms with Crippen LogP contribution in [0.3, 0.4) is 0 Å². The summed E-state index contributed by atoms with van der Waals surface area (Å²) in [5.41, 5.74) is 6.59. The summed E-state index contributed by atoms with van der Waals surface area (Å²) in [6.07, 6.45) is 2.20. The van der Waals surface area contributed by atoms with Gasteiger partial charge < -0.3 is 41.4 Å². The molecule has 0 amide bonds. The highest BCUT2D eigenvalue weighted by atomic mass is 16.5. The van der Waals surface area contributed by atoms with Crippen molar-refractivity contribution in [1.29, 1.82) is 0 Å². The van der Waals surface area contributed by atoms with Crippen molar-refractivity contribution in [2.45, 2.75) is 94.9 Å². The lowest BCUT2D eigenvalue weighted by Gasteiger charge is -2.29. The Balaban J connectivity index is 1.14. The average molecular weight is 833 g/mol. The smallest absolute Gasteiger partial charge is 0.309 e. The summed E-state index contributed by atoms with van der Waals surface area (Å²) >= 11 is 0. The maximum Gasteiger partial charge on any atom is 0.309 e. The monoisotopic (exact) mass is 832 g/mol. The number of ether oxygens (including phenoxy) is 2. The lowest BCUT2D eigenvalue weighted by Crippen LogP contribution is -2.62. The number of benzene rings is 4. The van der Waals surface area contributed by atoms with Gasteiger partial charge in [0, 0.05) is 59.1 Å². The van der Waals surface area contributed by atoms with Gasteiger partial charge in [-0.05, 0) is 57.1 Å². The molecule has 4 aliphatic rings. The molecule has 0 bridgehead atoms. The van der Waals surface area contributed by atoms with E-state index in [2.05, 4.69) is 11.5 Å². The molecule has 8 rings (SSSR count). The number of esters is 2. The minimum absolute atomic E-state index is 0.0375. The Morgan fingerprint density at radius 1 is 0.525 bits per heavy atom. The molecule has 0 radical (unpaired) electrons. The van der Waals surface area contributed by atoms with Gasteiger partial charge in [-0.15, -0.1) is 0 Å². The predicted molar refractivity (Wildman–Crippen MR) is 215 cm³/mol. The summed E-state index contributed by atoms with van der Waals surface area (Å²) in [6, 6.07) is 14.7. The number of hydrogen-bond donors (Lipinski definition) is 6. The minimum atomic E-state index is -1.29. The van der Waals surface area contributed by atoms with Crippen LogP contribution in [0.25, 0.3) is 0 Å². The van der Waals surface area contributed by atoms with Crippen LogP contribution in [0, 0.1) is 11.8 Å². The van der Waals surface area contributed by atoms with E-state index in [4.69, 9.17) is 9.47 Å². The third-order valence-corrected chi connectivity index (χ3v) is 12.9. The number of phenols is 4. The third kappa shape index (κ3) is 7.54. The van der Waals surface area contributed by atoms with Gasteiger partial charge in [-0.3, -0.25) is 28.8 Å². The van der Waals surface area contributed by atoms with E-state index in [0.29, 0.717) is 51.4 Å². The molecule has 10 N–H and O–H groups in total. The zero-order valence-electron chi connectivity index (χ0n) is 33.5. The first-order valence-electron chi connectivity index (χ1n) is 20.9. The van der Waals surface area contributed by atoms with Crippen LogP contribution in [-0.4, -0.2) is 67.6 Å². The van der Waals surface area contributed by atoms with Crippen molar-refractivity contribution in [3.05, 3.63) is 116 Å². The Labute approximate surface area is 350 Å². The van der Waals surface area contributed by atoms with Gasteiger partial charge in [-0.25, -0.2) is 0 Å². The molecule has 2 saturated carbocycles. The largest absolute Gasteiger partial charge is 0.507 e. The topological polar surface area (TPSA) is 257 Å². The molecule has 316 valence electrons. The molecule has 4 aromatic rings. The van der Waals surface area contributed by atoms with Crippen LogP contribution in [0.15, 0.2) is 60.7 Å². The van der Waals surface area contributed by atoms with Crippen LogP contribution in [0.4, 0.5) is 0 Å². The molecule has 0 heterocycles. The molecule has 14 nitrogen and oxygen atoms in total. The van der Waals surface area contributed by atoms with Gasteiger partial charge >= 0.3 is 11.9 Å². The van der Waals surface area contributed by atoms with Crippen LogP contribution in [-0.2, 0) is 19.1 Å². The number of carbonyl (C=O) groups excluding carboxylic acids is 6. The van der Waals surface area contributed by atoms with E-state index < -0.39 is 93.2 Å². The number of ketones is 4. The maximum absolute atomic E-state index is 13.8. The second kappa shape index (κ2) is 16.6. The molecule has 4 aliphatic carbocycles. The highest BCUT2D eigenvalue weighted by molar-refractivity contribution is 6.31. The van der Waals surface area contributed by atoms with Crippen molar-refractivity contribution in [3.8, 4) is 23.0 Å². The molecule has 2 atom stereocenters. The Bertz CT molecular complexity index is 2320. The van der Waals surface area contributed by atoms with Crippen LogP contribution in [0.5, 0.6) is 23.0 Å². The number of phenolic OH excluding ortho intramolecular Hbond substituents is 4. The highest BCUT2D eigenvalue weighted by Gasteiger charge is 2.40. The Morgan fingerprint density at radius 2 is 0.836 bits per heavy atom. The predicted octanol–water partition coefficient (Wildman–Crippen LogP) is 4.70. The van der Waals surface area contributed by atoms with Gasteiger partial charge in [0.05, 0.1) is 46.2 Å². The fraction of sp³-hybridized carbons (Fsp3) is 0.362. The van der Waals surface area contributed by atoms with Gasteiger partial charge in [-0.2, -0.15) is 0 Å². The maximum atomic E-state index is 13.8. The summed E-state index contributed by atoms with van der Waals surface area (Å²) in [5, 5.41) is 46.2. The standard InChI is InChI=1S/C47H46N2O12/c48-24-16-12-22(13-17-24)46(58)60-34(30-20-32(50)36-38(44(30)56)42(54)28-8-3-1-6-26(28)40(36)52)10-5-11-35(61-47(59)23-14-18-25(49)19-15-23)31-21-33(51)37-39(45(31)57)43(55)29-9-4-2-7-27(29)41(37)53/h1-4,6-9,20-25,34-35,50-51,56-57H,5,10-19,48-49H2/p+2. The van der Waals surface area contributed by atoms with E-state index in [1.165, 1.54) is 24.3 Å². The normalized spacial score (nSPS) is 21.7. The van der Waals surface area contributed by atoms with Crippen LogP contribution < -0.4 is 11.5 Å². The molecule has 0 spiro atoms. The zero-order valence-corrected chi connectivity index (χ0v) is 33.5. The van der Waals surface area contributed by atoms with Crippen molar-refractivity contribution >= 4 is 35.1 Å². The number of rotatable bonds is 10. The van der Waals surface area contributed by atoms with E-state index in [1.54, 1.807) is 24.3 Å². The van der Waals surface area contributed by atoms with Gasteiger partial charge in [-0.1, -0.05) is 48.5 Å². The summed E-state index contributed by atoms with van der Waals surface area (Å²) in [4.78, 5) is 82.2. The van der Waals surface area contributed by atoms with Crippen molar-refractivity contribution in [2.24, 2.45) is 11.8 Å². The Hall–Kier alpha value is -6.38. The van der Waals surface area contributed by atoms with E-state index in [-0.39, 0.29) is 75.9 Å². The molecular formula is C47H48N2O12+2. The molecule has 61 heavy (non-hydrogen) atoms. The Kier molecular flexibility index (Phi) is 11.2. The van der Waals surface area contributed by atoms with Gasteiger partial charge in [0.25, 0.3) is 0 Å². The number of fused-ring (bicyclic) bond motifs is 4. The van der Waals surface area contributed by atoms with Gasteiger partial charge in [0.1, 0.15) is 35.2 Å². The number of hydrogen-bond acceptors (Lipinski definition) is 12. The lowest BCUT2D eigenvalue weighted by molar-refractivity contribution is -0.426. The third-order valence-electron chi connectivity index (χ3n) is 12.9. The first-order valence-corrected chi connectivity index (χ1v) is 20.9. The van der Waals surface area contributed by atoms with E-state index >= 15 is 0 Å². The van der Waals surface area contributed by atoms with E-state index in [0.717, 1.165) is 12.1 Å². The Morgan fingerprint density at radius 3 is 1.16 bits per heavy atom. The summed E-state index contributed by atoms with van der Waals surface area (Å²) < 4.78 is 12.2. The number of carbonyl (C=O) groups is 6. The van der Waals surface area contributed by atoms with E-state index in [9.17, 15) is 49.2 Å². The molecule has 2 fully saturated rings. The number of aromatic hydroxyl groups is 4. The second-order valence-electron chi connectivity index (χ2n) is 16.8. The number of quaternary nitrogens is 2. The first kappa shape index (κ1) is 41.4. The molecular weight excluding hydrogens is 785 g/mol. The van der Waals surface area contributed by atoms with E-state index in [1.807, 2.05) is 0 Å². The SMILES string of the molecule is [NH3+]C1CCC(C(=O)OC(CCCC(OC(=O)C2CCC([NH3+])CC2)c2cc(O)c3c(c2O)C(=O)c2ccccc2C3=O)c2cc(O)c3c(c2O)C(=O)c2ccccc2C3=O)CC1. The second-order valence-corrected chi connectivity index (χ2v) is 16.8. The quantitative estimate of drug-likeness (QED) is 0.0811. The average Bonchev–Trinajstić information content (AvgIpc) is 3.25. The zero-order chi connectivity index (χ0) is 43.3. The highest BCUT2D eigenvalue weighted by Crippen LogP contribution is 2.47. The van der Waals surface area contributed by atoms with Crippen molar-refractivity contribution < 1.29 is 70.1 Å². The summed E-state index contributed by atoms with van der Waals surface area (Å²) in [6.45, 7) is 0. The van der Waals surface area contributed by atoms with Gasteiger partial charge in [0.2, 0.25) is 0 Å². The molecule has 4 aromatic carbocycles. The minimum Gasteiger partial charge on any atom is -0.507 e. The molecule has 2 unspecified atom stereocenters. The van der Waals surface area contributed by atoms with Gasteiger partial charge in [0.15, 0.2) is 23.1 Å². The molecule has 0 aromatic heterocycles. The van der Waals surface area contributed by atoms with Crippen molar-refractivity contribution in [3.63, 3.8) is 0 Å². The van der Waals surface area contributed by atoms with Crippen molar-refractivity contribution in [2.75, 3.05) is 0 Å².